The summed E-state index contributed by atoms with van der Waals surface area (Å²) in [6.07, 6.45) is -0.349. The zero-order valence-electron chi connectivity index (χ0n) is 17.4. The first-order chi connectivity index (χ1) is 15.0. The first-order valence-electron chi connectivity index (χ1n) is 10.9. The molecule has 168 valence electrons. The molecule has 0 aromatic heterocycles. The Morgan fingerprint density at radius 1 is 0.935 bits per heavy atom. The van der Waals surface area contributed by atoms with Crippen LogP contribution in [0.3, 0.4) is 0 Å². The summed E-state index contributed by atoms with van der Waals surface area (Å²) in [6.45, 7) is -0.460. The van der Waals surface area contributed by atoms with E-state index < -0.39 is 37.1 Å². The van der Waals surface area contributed by atoms with Crippen molar-refractivity contribution < 1.29 is 29.9 Å². The van der Waals surface area contributed by atoms with Gasteiger partial charge in [-0.2, -0.15) is 0 Å². The van der Waals surface area contributed by atoms with Crippen molar-refractivity contribution in [3.63, 3.8) is 0 Å². The average Bonchev–Trinajstić information content (AvgIpc) is 3.28. The van der Waals surface area contributed by atoms with Crippen LogP contribution >= 0.6 is 0 Å². The number of hydrogen-bond donors (Lipinski definition) is 5. The lowest BCUT2D eigenvalue weighted by Crippen LogP contribution is -2.55. The standard InChI is InChI=1S/C24H31NO6/c25-19-10-7-15(24-23(29)22(28)21(27)20(13-26)31-24)12-16(19)11-14-5-8-18(9-6-14)30-17-3-1-2-4-17/h5-10,12,17,20-24,26-29H,1-4,11,13,25H2/t20-,21-,22?,23-,24?/m1/s1. The maximum Gasteiger partial charge on any atom is 0.119 e. The van der Waals surface area contributed by atoms with E-state index in [9.17, 15) is 20.4 Å². The maximum atomic E-state index is 10.4. The van der Waals surface area contributed by atoms with Crippen molar-refractivity contribution in [2.45, 2.75) is 68.7 Å². The van der Waals surface area contributed by atoms with Crippen molar-refractivity contribution in [1.82, 2.24) is 0 Å². The molecule has 0 spiro atoms. The fourth-order valence-electron chi connectivity index (χ4n) is 4.44. The van der Waals surface area contributed by atoms with Gasteiger partial charge in [0.15, 0.2) is 0 Å². The molecule has 2 aromatic carbocycles. The molecule has 7 nitrogen and oxygen atoms in total. The van der Waals surface area contributed by atoms with Gasteiger partial charge in [-0.05, 0) is 67.0 Å². The quantitative estimate of drug-likeness (QED) is 0.443. The van der Waals surface area contributed by atoms with Crippen LogP contribution in [0.1, 0.15) is 48.5 Å². The van der Waals surface area contributed by atoms with E-state index in [1.165, 1.54) is 12.8 Å². The van der Waals surface area contributed by atoms with E-state index in [1.54, 1.807) is 12.1 Å². The highest BCUT2D eigenvalue weighted by molar-refractivity contribution is 5.51. The first-order valence-corrected chi connectivity index (χ1v) is 10.9. The molecule has 4 rings (SSSR count). The molecule has 2 aliphatic rings. The number of aliphatic hydroxyl groups excluding tert-OH is 4. The molecule has 7 heteroatoms. The molecule has 0 radical (unpaired) electrons. The van der Waals surface area contributed by atoms with Crippen LogP contribution in [0.5, 0.6) is 5.75 Å². The van der Waals surface area contributed by atoms with Crippen LogP contribution in [0.2, 0.25) is 0 Å². The lowest BCUT2D eigenvalue weighted by Gasteiger charge is -2.40. The van der Waals surface area contributed by atoms with E-state index >= 15 is 0 Å². The Kier molecular flexibility index (Phi) is 6.79. The highest BCUT2D eigenvalue weighted by atomic mass is 16.5. The number of nitrogen functional groups attached to an aromatic ring is 1. The van der Waals surface area contributed by atoms with E-state index in [0.717, 1.165) is 29.7 Å². The van der Waals surface area contributed by atoms with Crippen LogP contribution in [-0.2, 0) is 11.2 Å². The van der Waals surface area contributed by atoms with E-state index in [1.807, 2.05) is 30.3 Å². The number of ether oxygens (including phenoxy) is 2. The topological polar surface area (TPSA) is 125 Å². The normalized spacial score (nSPS) is 29.2. The van der Waals surface area contributed by atoms with E-state index in [-0.39, 0.29) is 0 Å². The summed E-state index contributed by atoms with van der Waals surface area (Å²) in [4.78, 5) is 0. The van der Waals surface area contributed by atoms with Gasteiger partial charge in [0.25, 0.3) is 0 Å². The van der Waals surface area contributed by atoms with E-state index in [4.69, 9.17) is 15.2 Å². The predicted molar refractivity (Wildman–Crippen MR) is 116 cm³/mol. The number of nitrogens with two attached hydrogens (primary N) is 1. The third kappa shape index (κ3) is 4.86. The molecular formula is C24H31NO6. The molecular weight excluding hydrogens is 398 g/mol. The molecule has 2 fully saturated rings. The fourth-order valence-corrected chi connectivity index (χ4v) is 4.44. The predicted octanol–water partition coefficient (Wildman–Crippen LogP) is 1.70. The number of rotatable bonds is 6. The van der Waals surface area contributed by atoms with Crippen molar-refractivity contribution in [3.05, 3.63) is 59.2 Å². The highest BCUT2D eigenvalue weighted by Gasteiger charge is 2.44. The molecule has 2 aromatic rings. The molecule has 1 heterocycles. The minimum atomic E-state index is -1.41. The molecule has 2 unspecified atom stereocenters. The van der Waals surface area contributed by atoms with Gasteiger partial charge in [0.1, 0.15) is 36.3 Å². The smallest absolute Gasteiger partial charge is 0.119 e. The van der Waals surface area contributed by atoms with Gasteiger partial charge in [-0.1, -0.05) is 24.3 Å². The Hall–Kier alpha value is -2.16. The Morgan fingerprint density at radius 2 is 1.65 bits per heavy atom. The van der Waals surface area contributed by atoms with Gasteiger partial charge in [0.2, 0.25) is 0 Å². The second-order valence-corrected chi connectivity index (χ2v) is 8.55. The Balaban J connectivity index is 1.49. The number of benzene rings is 2. The first kappa shape index (κ1) is 22.0. The summed E-state index contributed by atoms with van der Waals surface area (Å²) in [5.41, 5.74) is 9.35. The number of hydrogen-bond acceptors (Lipinski definition) is 7. The maximum absolute atomic E-state index is 10.4. The lowest BCUT2D eigenvalue weighted by molar-refractivity contribution is -0.231. The second kappa shape index (κ2) is 9.54. The molecule has 31 heavy (non-hydrogen) atoms. The van der Waals surface area contributed by atoms with Crippen LogP contribution in [0.15, 0.2) is 42.5 Å². The summed E-state index contributed by atoms with van der Waals surface area (Å²) < 4.78 is 11.7. The van der Waals surface area contributed by atoms with Gasteiger partial charge in [-0.15, -0.1) is 0 Å². The monoisotopic (exact) mass is 429 g/mol. The molecule has 5 atom stereocenters. The van der Waals surface area contributed by atoms with Crippen LogP contribution < -0.4 is 10.5 Å². The zero-order valence-corrected chi connectivity index (χ0v) is 17.4. The van der Waals surface area contributed by atoms with E-state index in [2.05, 4.69) is 0 Å². The fraction of sp³-hybridized carbons (Fsp3) is 0.500. The van der Waals surface area contributed by atoms with Crippen molar-refractivity contribution in [1.29, 1.82) is 0 Å². The van der Waals surface area contributed by atoms with Crippen LogP contribution in [0.25, 0.3) is 0 Å². The number of aliphatic hydroxyl groups is 4. The molecule has 6 N–H and O–H groups in total. The minimum Gasteiger partial charge on any atom is -0.490 e. The summed E-state index contributed by atoms with van der Waals surface area (Å²) in [7, 11) is 0. The lowest BCUT2D eigenvalue weighted by atomic mass is 9.89. The Labute approximate surface area is 182 Å². The molecule has 0 amide bonds. The average molecular weight is 430 g/mol. The van der Waals surface area contributed by atoms with Gasteiger partial charge >= 0.3 is 0 Å². The van der Waals surface area contributed by atoms with Crippen molar-refractivity contribution in [2.75, 3.05) is 12.3 Å². The minimum absolute atomic E-state index is 0.316. The molecule has 0 bridgehead atoms. The molecule has 1 saturated heterocycles. The van der Waals surface area contributed by atoms with Gasteiger partial charge in [0.05, 0.1) is 12.7 Å². The van der Waals surface area contributed by atoms with Gasteiger partial charge in [-0.3, -0.25) is 0 Å². The van der Waals surface area contributed by atoms with Crippen LogP contribution in [0, 0.1) is 0 Å². The Bertz CT molecular complexity index is 865. The summed E-state index contributed by atoms with van der Waals surface area (Å²) in [5, 5.41) is 39.9. The van der Waals surface area contributed by atoms with Crippen molar-refractivity contribution in [2.24, 2.45) is 0 Å². The third-order valence-electron chi connectivity index (χ3n) is 6.31. The largest absolute Gasteiger partial charge is 0.490 e. The molecule has 1 aliphatic heterocycles. The van der Waals surface area contributed by atoms with Gasteiger partial charge in [0, 0.05) is 5.69 Å². The highest BCUT2D eigenvalue weighted by Crippen LogP contribution is 2.34. The molecule has 1 saturated carbocycles. The zero-order chi connectivity index (χ0) is 22.0. The summed E-state index contributed by atoms with van der Waals surface area (Å²) in [6, 6.07) is 13.3. The van der Waals surface area contributed by atoms with Gasteiger partial charge in [-0.25, -0.2) is 0 Å². The van der Waals surface area contributed by atoms with Crippen LogP contribution in [0.4, 0.5) is 5.69 Å². The van der Waals surface area contributed by atoms with Gasteiger partial charge < -0.3 is 35.6 Å². The Morgan fingerprint density at radius 3 is 2.32 bits per heavy atom. The van der Waals surface area contributed by atoms with Crippen LogP contribution in [-0.4, -0.2) is 57.6 Å². The third-order valence-corrected chi connectivity index (χ3v) is 6.31. The number of anilines is 1. The SMILES string of the molecule is Nc1ccc(C2O[C@H](CO)[C@@H](O)C(O)[C@H]2O)cc1Cc1ccc(OC2CCCC2)cc1. The van der Waals surface area contributed by atoms with Crippen molar-refractivity contribution in [3.8, 4) is 5.75 Å². The summed E-state index contributed by atoms with van der Waals surface area (Å²) in [5.74, 6) is 0.874. The van der Waals surface area contributed by atoms with E-state index in [0.29, 0.717) is 23.8 Å². The second-order valence-electron chi connectivity index (χ2n) is 8.55. The molecule has 1 aliphatic carbocycles. The summed E-state index contributed by atoms with van der Waals surface area (Å²) >= 11 is 0. The van der Waals surface area contributed by atoms with Crippen molar-refractivity contribution >= 4 is 5.69 Å².